The van der Waals surface area contributed by atoms with Crippen molar-refractivity contribution in [2.24, 2.45) is 11.8 Å². The number of allylic oxidation sites excluding steroid dienone is 2. The highest BCUT2D eigenvalue weighted by molar-refractivity contribution is 6.09. The van der Waals surface area contributed by atoms with Crippen LogP contribution in [0.1, 0.15) is 24.8 Å². The minimum Gasteiger partial charge on any atom is -0.284 e. The first-order valence-electron chi connectivity index (χ1n) is 6.51. The van der Waals surface area contributed by atoms with Gasteiger partial charge in [0, 0.05) is 5.57 Å². The molecule has 0 heterocycles. The van der Waals surface area contributed by atoms with Crippen molar-refractivity contribution >= 4 is 11.4 Å². The third-order valence-corrected chi connectivity index (χ3v) is 4.21. The number of carbonyl (C=O) groups excluding carboxylic acids is 1. The van der Waals surface area contributed by atoms with Gasteiger partial charge >= 0.3 is 6.18 Å². The molecule has 2 atom stereocenters. The van der Waals surface area contributed by atoms with E-state index in [0.717, 1.165) is 12.8 Å². The molecule has 0 saturated heterocycles. The zero-order chi connectivity index (χ0) is 14.5. The van der Waals surface area contributed by atoms with E-state index in [2.05, 4.69) is 0 Å². The largest absolute Gasteiger partial charge is 0.454 e. The van der Waals surface area contributed by atoms with Crippen LogP contribution >= 0.6 is 0 Å². The van der Waals surface area contributed by atoms with Gasteiger partial charge in [-0.05, 0) is 47.9 Å². The molecule has 1 aromatic carbocycles. The van der Waals surface area contributed by atoms with Crippen LogP contribution in [-0.2, 0) is 4.79 Å². The van der Waals surface area contributed by atoms with Gasteiger partial charge in [-0.3, -0.25) is 4.79 Å². The Bertz CT molecular complexity index is 583. The van der Waals surface area contributed by atoms with Gasteiger partial charge in [0.05, 0.1) is 0 Å². The molecule has 0 amide bonds. The Kier molecular flexibility index (Phi) is 2.96. The van der Waals surface area contributed by atoms with Crippen molar-refractivity contribution in [3.8, 4) is 0 Å². The number of hydrogen-bond acceptors (Lipinski definition) is 1. The van der Waals surface area contributed by atoms with E-state index in [0.29, 0.717) is 17.6 Å². The first kappa shape index (κ1) is 13.3. The number of carbonyl (C=O) groups is 1. The fourth-order valence-corrected chi connectivity index (χ4v) is 3.40. The average Bonchev–Trinajstić information content (AvgIpc) is 2.75. The van der Waals surface area contributed by atoms with E-state index in [9.17, 15) is 22.4 Å². The minimum absolute atomic E-state index is 0.0155. The van der Waals surface area contributed by atoms with Crippen molar-refractivity contribution in [3.63, 3.8) is 0 Å². The minimum atomic E-state index is -4.84. The smallest absolute Gasteiger partial charge is 0.284 e. The lowest BCUT2D eigenvalue weighted by Gasteiger charge is -2.37. The predicted octanol–water partition coefficient (Wildman–Crippen LogP) is 4.14. The number of ketones is 1. The third kappa shape index (κ3) is 1.96. The van der Waals surface area contributed by atoms with E-state index in [1.54, 1.807) is 0 Å². The molecule has 2 aliphatic carbocycles. The molecule has 3 rings (SSSR count). The van der Waals surface area contributed by atoms with Gasteiger partial charge in [-0.1, -0.05) is 18.6 Å². The summed E-state index contributed by atoms with van der Waals surface area (Å²) < 4.78 is 51.0. The molecule has 106 valence electrons. The lowest BCUT2D eigenvalue weighted by molar-refractivity contribution is -0.167. The van der Waals surface area contributed by atoms with Crippen LogP contribution in [0.3, 0.4) is 0 Å². The molecule has 2 unspecified atom stereocenters. The molecule has 20 heavy (non-hydrogen) atoms. The second-order valence-electron chi connectivity index (χ2n) is 5.31. The zero-order valence-corrected chi connectivity index (χ0v) is 10.5. The number of fused-ring (bicyclic) bond motifs is 1. The maximum atomic E-state index is 12.9. The third-order valence-electron chi connectivity index (χ3n) is 4.21. The van der Waals surface area contributed by atoms with E-state index in [4.69, 9.17) is 0 Å². The van der Waals surface area contributed by atoms with Crippen LogP contribution in [0.25, 0.3) is 5.57 Å². The van der Waals surface area contributed by atoms with E-state index in [1.807, 2.05) is 0 Å². The van der Waals surface area contributed by atoms with E-state index in [1.165, 1.54) is 24.3 Å². The maximum absolute atomic E-state index is 12.9. The molecule has 0 spiro atoms. The molecule has 0 bridgehead atoms. The molecule has 1 fully saturated rings. The fraction of sp³-hybridized carbons (Fsp3) is 0.400. The Morgan fingerprint density at radius 1 is 1.05 bits per heavy atom. The number of rotatable bonds is 2. The number of benzene rings is 1. The highest BCUT2D eigenvalue weighted by Gasteiger charge is 2.53. The fourth-order valence-electron chi connectivity index (χ4n) is 3.40. The first-order chi connectivity index (χ1) is 9.39. The molecular formula is C15H12F4O. The quantitative estimate of drug-likeness (QED) is 0.746. The second kappa shape index (κ2) is 4.43. The molecule has 0 aliphatic heterocycles. The molecule has 0 aromatic heterocycles. The predicted molar refractivity (Wildman–Crippen MR) is 65.2 cm³/mol. The van der Waals surface area contributed by atoms with Gasteiger partial charge in [-0.15, -0.1) is 0 Å². The summed E-state index contributed by atoms with van der Waals surface area (Å²) in [5, 5.41) is 0. The van der Waals surface area contributed by atoms with Gasteiger partial charge in [0.2, 0.25) is 0 Å². The van der Waals surface area contributed by atoms with Crippen LogP contribution in [-0.4, -0.2) is 12.0 Å². The highest BCUT2D eigenvalue weighted by Crippen LogP contribution is 2.56. The summed E-state index contributed by atoms with van der Waals surface area (Å²) in [5.74, 6) is -2.44. The second-order valence-corrected chi connectivity index (χ2v) is 5.31. The summed E-state index contributed by atoms with van der Waals surface area (Å²) in [6, 6.07) is 5.31. The van der Waals surface area contributed by atoms with Gasteiger partial charge in [-0.2, -0.15) is 13.2 Å². The Hall–Kier alpha value is -1.65. The van der Waals surface area contributed by atoms with Gasteiger partial charge in [0.1, 0.15) is 5.82 Å². The van der Waals surface area contributed by atoms with E-state index >= 15 is 0 Å². The van der Waals surface area contributed by atoms with Gasteiger partial charge in [0.25, 0.3) is 5.78 Å². The SMILES string of the molecule is O=C(C1=C(c2ccc(F)cc2)C2CCCC12)C(F)(F)F. The van der Waals surface area contributed by atoms with Crippen molar-refractivity contribution in [1.29, 1.82) is 0 Å². The summed E-state index contributed by atoms with van der Waals surface area (Å²) in [5.41, 5.74) is 0.892. The Morgan fingerprint density at radius 2 is 1.65 bits per heavy atom. The zero-order valence-electron chi connectivity index (χ0n) is 10.5. The summed E-state index contributed by atoms with van der Waals surface area (Å²) in [7, 11) is 0. The summed E-state index contributed by atoms with van der Waals surface area (Å²) >= 11 is 0. The molecule has 5 heteroatoms. The van der Waals surface area contributed by atoms with Crippen molar-refractivity contribution in [1.82, 2.24) is 0 Å². The summed E-state index contributed by atoms with van der Waals surface area (Å²) in [6.45, 7) is 0. The Morgan fingerprint density at radius 3 is 2.25 bits per heavy atom. The van der Waals surface area contributed by atoms with E-state index in [-0.39, 0.29) is 17.4 Å². The number of alkyl halides is 3. The van der Waals surface area contributed by atoms with Crippen molar-refractivity contribution in [2.45, 2.75) is 25.4 Å². The lowest BCUT2D eigenvalue weighted by atomic mass is 9.66. The van der Waals surface area contributed by atoms with Crippen molar-refractivity contribution in [2.75, 3.05) is 0 Å². The van der Waals surface area contributed by atoms with Crippen molar-refractivity contribution < 1.29 is 22.4 Å². The van der Waals surface area contributed by atoms with Crippen molar-refractivity contribution in [3.05, 3.63) is 41.2 Å². The molecular weight excluding hydrogens is 272 g/mol. The lowest BCUT2D eigenvalue weighted by Crippen LogP contribution is -2.37. The monoisotopic (exact) mass is 284 g/mol. The van der Waals surface area contributed by atoms with Crippen LogP contribution in [0.4, 0.5) is 17.6 Å². The number of hydrogen-bond donors (Lipinski definition) is 0. The van der Waals surface area contributed by atoms with Crippen LogP contribution in [0.15, 0.2) is 29.8 Å². The highest BCUT2D eigenvalue weighted by atomic mass is 19.4. The average molecular weight is 284 g/mol. The maximum Gasteiger partial charge on any atom is 0.454 e. The molecule has 2 aliphatic rings. The Balaban J connectivity index is 2.06. The molecule has 0 radical (unpaired) electrons. The van der Waals surface area contributed by atoms with Crippen LogP contribution in [0, 0.1) is 17.7 Å². The normalized spacial score (nSPS) is 25.4. The number of halogens is 4. The molecule has 1 aromatic rings. The topological polar surface area (TPSA) is 17.1 Å². The standard InChI is InChI=1S/C15H12F4O/c16-9-6-4-8(5-7-9)12-10-2-1-3-11(10)13(12)14(20)15(17,18)19/h4-7,10-11H,1-3H2. The van der Waals surface area contributed by atoms with Gasteiger partial charge in [0.15, 0.2) is 0 Å². The van der Waals surface area contributed by atoms with Gasteiger partial charge < -0.3 is 0 Å². The number of Topliss-reactive ketones (excluding diaryl/α,β-unsaturated/α-hetero) is 1. The van der Waals surface area contributed by atoms with Crippen LogP contribution < -0.4 is 0 Å². The Labute approximate surface area is 113 Å². The molecule has 0 N–H and O–H groups in total. The first-order valence-corrected chi connectivity index (χ1v) is 6.51. The van der Waals surface area contributed by atoms with Crippen LogP contribution in [0.2, 0.25) is 0 Å². The molecule has 1 nitrogen and oxygen atoms in total. The van der Waals surface area contributed by atoms with E-state index < -0.39 is 17.8 Å². The summed E-state index contributed by atoms with van der Waals surface area (Å²) in [6.07, 6.45) is -2.58. The summed E-state index contributed by atoms with van der Waals surface area (Å²) in [4.78, 5) is 11.6. The van der Waals surface area contributed by atoms with Gasteiger partial charge in [-0.25, -0.2) is 4.39 Å². The molecule has 1 saturated carbocycles. The van der Waals surface area contributed by atoms with Crippen LogP contribution in [0.5, 0.6) is 0 Å².